The van der Waals surface area contributed by atoms with E-state index in [1.807, 2.05) is 18.3 Å². The summed E-state index contributed by atoms with van der Waals surface area (Å²) in [6.45, 7) is 2.09. The van der Waals surface area contributed by atoms with Crippen LogP contribution < -0.4 is 5.01 Å². The van der Waals surface area contributed by atoms with Crippen LogP contribution in [0.1, 0.15) is 34.7 Å². The molecule has 0 bridgehead atoms. The maximum absolute atomic E-state index is 5.05. The van der Waals surface area contributed by atoms with Crippen molar-refractivity contribution >= 4 is 23.3 Å². The van der Waals surface area contributed by atoms with Crippen molar-refractivity contribution in [2.45, 2.75) is 19.4 Å². The van der Waals surface area contributed by atoms with Crippen molar-refractivity contribution in [3.05, 3.63) is 131 Å². The van der Waals surface area contributed by atoms with Crippen LogP contribution in [0.2, 0.25) is 0 Å². The van der Waals surface area contributed by atoms with E-state index in [9.17, 15) is 0 Å². The van der Waals surface area contributed by atoms with Gasteiger partial charge in [-0.25, -0.2) is 0 Å². The molecule has 0 saturated carbocycles. The summed E-state index contributed by atoms with van der Waals surface area (Å²) < 4.78 is 0. The van der Waals surface area contributed by atoms with E-state index >= 15 is 0 Å². The van der Waals surface area contributed by atoms with E-state index in [-0.39, 0.29) is 6.04 Å². The topological polar surface area (TPSA) is 28.0 Å². The molecule has 32 heavy (non-hydrogen) atoms. The number of aryl methyl sites for hydroxylation is 1. The third-order valence-electron chi connectivity index (χ3n) is 5.73. The van der Waals surface area contributed by atoms with E-state index in [0.717, 1.165) is 34.6 Å². The first kappa shape index (κ1) is 20.0. The summed E-state index contributed by atoms with van der Waals surface area (Å²) in [5, 5.41) is 7.20. The molecule has 4 aromatic rings. The van der Waals surface area contributed by atoms with Gasteiger partial charge in [0.15, 0.2) is 0 Å². The minimum absolute atomic E-state index is 0.174. The lowest BCUT2D eigenvalue weighted by Gasteiger charge is -2.23. The standard InChI is InChI=1S/C29H25N3/c1-22-15-17-23(18-16-22)21-30-26-12-8-11-25(19-26)28-20-29(24-9-4-2-5-10-24)32(31-28)27-13-6-3-7-14-27/h2-19,21,29H,20H2,1H3. The van der Waals surface area contributed by atoms with E-state index in [2.05, 4.69) is 109 Å². The maximum atomic E-state index is 5.05. The Morgan fingerprint density at radius 3 is 2.28 bits per heavy atom. The summed E-state index contributed by atoms with van der Waals surface area (Å²) in [7, 11) is 0. The maximum Gasteiger partial charge on any atom is 0.0831 e. The number of benzene rings is 4. The van der Waals surface area contributed by atoms with E-state index in [4.69, 9.17) is 10.1 Å². The van der Waals surface area contributed by atoms with Gasteiger partial charge in [-0.2, -0.15) is 5.10 Å². The molecule has 1 unspecified atom stereocenters. The summed E-state index contributed by atoms with van der Waals surface area (Å²) in [5.74, 6) is 0. The minimum atomic E-state index is 0.174. The lowest BCUT2D eigenvalue weighted by molar-refractivity contribution is 0.709. The van der Waals surface area contributed by atoms with Gasteiger partial charge in [-0.05, 0) is 47.9 Å². The highest BCUT2D eigenvalue weighted by molar-refractivity contribution is 6.04. The summed E-state index contributed by atoms with van der Waals surface area (Å²) >= 11 is 0. The predicted molar refractivity (Wildman–Crippen MR) is 134 cm³/mol. The Morgan fingerprint density at radius 1 is 0.812 bits per heavy atom. The van der Waals surface area contributed by atoms with E-state index < -0.39 is 0 Å². The quantitative estimate of drug-likeness (QED) is 0.319. The zero-order chi connectivity index (χ0) is 21.8. The molecule has 1 heterocycles. The number of rotatable bonds is 5. The molecular weight excluding hydrogens is 390 g/mol. The molecule has 1 atom stereocenters. The van der Waals surface area contributed by atoms with Crippen molar-refractivity contribution in [2.24, 2.45) is 10.1 Å². The van der Waals surface area contributed by atoms with Crippen molar-refractivity contribution in [1.29, 1.82) is 0 Å². The first-order valence-electron chi connectivity index (χ1n) is 10.9. The van der Waals surface area contributed by atoms with Crippen molar-refractivity contribution < 1.29 is 0 Å². The highest BCUT2D eigenvalue weighted by Gasteiger charge is 2.29. The second kappa shape index (κ2) is 9.03. The Bertz CT molecular complexity index is 1240. The smallest absolute Gasteiger partial charge is 0.0831 e. The Balaban J connectivity index is 1.45. The Hall–Kier alpha value is -3.98. The number of anilines is 1. The van der Waals surface area contributed by atoms with Crippen LogP contribution in [0.4, 0.5) is 11.4 Å². The number of hydrogen-bond acceptors (Lipinski definition) is 3. The minimum Gasteiger partial charge on any atom is -0.257 e. The fraction of sp³-hybridized carbons (Fsp3) is 0.103. The summed E-state index contributed by atoms with van der Waals surface area (Å²) in [5.41, 5.74) is 7.84. The van der Waals surface area contributed by atoms with Crippen molar-refractivity contribution in [3.8, 4) is 0 Å². The zero-order valence-electron chi connectivity index (χ0n) is 18.1. The third kappa shape index (κ3) is 4.37. The fourth-order valence-electron chi connectivity index (χ4n) is 4.01. The van der Waals surface area contributed by atoms with Gasteiger partial charge < -0.3 is 0 Å². The molecule has 0 spiro atoms. The molecular formula is C29H25N3. The van der Waals surface area contributed by atoms with Gasteiger partial charge in [-0.1, -0.05) is 90.5 Å². The van der Waals surface area contributed by atoms with Crippen molar-refractivity contribution in [3.63, 3.8) is 0 Å². The number of hydrazone groups is 1. The molecule has 4 aromatic carbocycles. The van der Waals surface area contributed by atoms with Gasteiger partial charge in [0.25, 0.3) is 0 Å². The first-order chi connectivity index (χ1) is 15.8. The molecule has 0 N–H and O–H groups in total. The van der Waals surface area contributed by atoms with Crippen LogP contribution in [0.3, 0.4) is 0 Å². The van der Waals surface area contributed by atoms with Crippen LogP contribution in [0, 0.1) is 6.92 Å². The monoisotopic (exact) mass is 415 g/mol. The first-order valence-corrected chi connectivity index (χ1v) is 10.9. The number of hydrogen-bond donors (Lipinski definition) is 0. The molecule has 0 radical (unpaired) electrons. The molecule has 3 heteroatoms. The summed E-state index contributed by atoms with van der Waals surface area (Å²) in [4.78, 5) is 4.70. The molecule has 0 aromatic heterocycles. The van der Waals surface area contributed by atoms with Crippen LogP contribution in [-0.2, 0) is 0 Å². The average molecular weight is 416 g/mol. The normalized spacial score (nSPS) is 15.8. The van der Waals surface area contributed by atoms with Crippen LogP contribution >= 0.6 is 0 Å². The van der Waals surface area contributed by atoms with Gasteiger partial charge in [0, 0.05) is 12.6 Å². The Labute approximate surface area is 189 Å². The Morgan fingerprint density at radius 2 is 1.53 bits per heavy atom. The number of aliphatic imine (C=N–C) groups is 1. The van der Waals surface area contributed by atoms with Crippen LogP contribution in [0.25, 0.3) is 0 Å². The zero-order valence-corrected chi connectivity index (χ0v) is 18.1. The van der Waals surface area contributed by atoms with Crippen LogP contribution in [0.5, 0.6) is 0 Å². The highest BCUT2D eigenvalue weighted by atomic mass is 15.5. The van der Waals surface area contributed by atoms with Gasteiger partial charge >= 0.3 is 0 Å². The third-order valence-corrected chi connectivity index (χ3v) is 5.73. The second-order valence-electron chi connectivity index (χ2n) is 8.08. The highest BCUT2D eigenvalue weighted by Crippen LogP contribution is 2.36. The molecule has 5 rings (SSSR count). The van der Waals surface area contributed by atoms with Crippen molar-refractivity contribution in [1.82, 2.24) is 0 Å². The molecule has 1 aliphatic heterocycles. The summed E-state index contributed by atoms with van der Waals surface area (Å²) in [6.07, 6.45) is 2.77. The van der Waals surface area contributed by atoms with Crippen LogP contribution in [0.15, 0.2) is 119 Å². The van der Waals surface area contributed by atoms with Gasteiger partial charge in [-0.3, -0.25) is 10.0 Å². The van der Waals surface area contributed by atoms with Gasteiger partial charge in [-0.15, -0.1) is 0 Å². The van der Waals surface area contributed by atoms with E-state index in [1.165, 1.54) is 11.1 Å². The largest absolute Gasteiger partial charge is 0.257 e. The molecule has 156 valence electrons. The fourth-order valence-corrected chi connectivity index (χ4v) is 4.01. The van der Waals surface area contributed by atoms with E-state index in [1.54, 1.807) is 0 Å². The molecule has 3 nitrogen and oxygen atoms in total. The molecule has 0 amide bonds. The van der Waals surface area contributed by atoms with Gasteiger partial charge in [0.05, 0.1) is 23.1 Å². The second-order valence-corrected chi connectivity index (χ2v) is 8.08. The molecule has 0 saturated heterocycles. The Kier molecular flexibility index (Phi) is 5.63. The average Bonchev–Trinajstić information content (AvgIpc) is 3.31. The lowest BCUT2D eigenvalue weighted by atomic mass is 9.98. The molecule has 1 aliphatic rings. The molecule has 0 fully saturated rings. The molecule has 0 aliphatic carbocycles. The predicted octanol–water partition coefficient (Wildman–Crippen LogP) is 7.10. The van der Waals surface area contributed by atoms with Gasteiger partial charge in [0.2, 0.25) is 0 Å². The van der Waals surface area contributed by atoms with Crippen molar-refractivity contribution in [2.75, 3.05) is 5.01 Å². The lowest BCUT2D eigenvalue weighted by Crippen LogP contribution is -2.18. The number of nitrogens with zero attached hydrogens (tertiary/aromatic N) is 3. The summed E-state index contributed by atoms with van der Waals surface area (Å²) in [6, 6.07) is 37.9. The van der Waals surface area contributed by atoms with Gasteiger partial charge in [0.1, 0.15) is 0 Å². The van der Waals surface area contributed by atoms with Crippen LogP contribution in [-0.4, -0.2) is 11.9 Å². The number of para-hydroxylation sites is 1. The SMILES string of the molecule is Cc1ccc(C=Nc2cccc(C3=NN(c4ccccc4)C(c4ccccc4)C3)c2)cc1. The van der Waals surface area contributed by atoms with E-state index in [0.29, 0.717) is 0 Å².